The Labute approximate surface area is 96.5 Å². The fraction of sp³-hybridized carbons (Fsp3) is 0. The molecule has 0 aliphatic carbocycles. The normalized spacial score (nSPS) is 10.1. The van der Waals surface area contributed by atoms with E-state index in [0.29, 0.717) is 11.1 Å². The van der Waals surface area contributed by atoms with Crippen molar-refractivity contribution in [2.24, 2.45) is 5.73 Å². The van der Waals surface area contributed by atoms with Gasteiger partial charge in [-0.2, -0.15) is 0 Å². The number of nitrogens with two attached hydrogens (primary N) is 1. The Balaban J connectivity index is 2.77. The van der Waals surface area contributed by atoms with Gasteiger partial charge in [0, 0.05) is 11.6 Å². The molecule has 0 bridgehead atoms. The summed E-state index contributed by atoms with van der Waals surface area (Å²) in [6.45, 7) is 0. The van der Waals surface area contributed by atoms with Crippen LogP contribution in [0.2, 0.25) is 0 Å². The highest BCUT2D eigenvalue weighted by Crippen LogP contribution is 2.26. The van der Waals surface area contributed by atoms with E-state index in [2.05, 4.69) is 4.98 Å². The molecule has 86 valence electrons. The van der Waals surface area contributed by atoms with Crippen LogP contribution in [0.5, 0.6) is 5.88 Å². The van der Waals surface area contributed by atoms with Gasteiger partial charge in [0.15, 0.2) is 0 Å². The average molecular weight is 230 g/mol. The van der Waals surface area contributed by atoms with Crippen molar-refractivity contribution < 1.29 is 9.90 Å². The molecule has 0 aliphatic heterocycles. The lowest BCUT2D eigenvalue weighted by Crippen LogP contribution is -2.17. The molecule has 0 fully saturated rings. The van der Waals surface area contributed by atoms with Crippen LogP contribution in [-0.4, -0.2) is 16.0 Å². The van der Waals surface area contributed by atoms with Crippen molar-refractivity contribution in [3.8, 4) is 17.0 Å². The number of benzene rings is 1. The number of hydrogen-bond acceptors (Lipinski definition) is 3. The summed E-state index contributed by atoms with van der Waals surface area (Å²) in [5, 5.41) is 9.55. The number of rotatable bonds is 2. The topological polar surface area (TPSA) is 96.2 Å². The summed E-state index contributed by atoms with van der Waals surface area (Å²) in [5.74, 6) is -1.30. The molecule has 0 unspecified atom stereocenters. The number of H-pyrrole nitrogens is 1. The molecule has 4 N–H and O–H groups in total. The van der Waals surface area contributed by atoms with Crippen molar-refractivity contribution in [1.82, 2.24) is 4.98 Å². The van der Waals surface area contributed by atoms with E-state index in [1.54, 1.807) is 30.3 Å². The number of hydrogen-bond donors (Lipinski definition) is 3. The van der Waals surface area contributed by atoms with Crippen molar-refractivity contribution in [2.75, 3.05) is 0 Å². The quantitative estimate of drug-likeness (QED) is 0.713. The predicted octanol–water partition coefficient (Wildman–Crippen LogP) is 0.846. The van der Waals surface area contributed by atoms with Crippen LogP contribution in [0.15, 0.2) is 41.2 Å². The Morgan fingerprint density at radius 2 is 1.88 bits per heavy atom. The van der Waals surface area contributed by atoms with Crippen LogP contribution in [0.25, 0.3) is 11.1 Å². The van der Waals surface area contributed by atoms with Gasteiger partial charge in [0.1, 0.15) is 5.56 Å². The van der Waals surface area contributed by atoms with E-state index >= 15 is 0 Å². The number of carbonyl (C=O) groups excluding carboxylic acids is 1. The number of primary amides is 1. The van der Waals surface area contributed by atoms with Crippen LogP contribution in [0.3, 0.4) is 0 Å². The van der Waals surface area contributed by atoms with Crippen LogP contribution in [0.1, 0.15) is 10.4 Å². The summed E-state index contributed by atoms with van der Waals surface area (Å²) in [4.78, 5) is 24.7. The van der Waals surface area contributed by atoms with Crippen molar-refractivity contribution >= 4 is 5.91 Å². The first-order valence-corrected chi connectivity index (χ1v) is 4.91. The Hall–Kier alpha value is -2.56. The van der Waals surface area contributed by atoms with E-state index in [1.165, 1.54) is 6.07 Å². The smallest absolute Gasteiger partial charge is 0.254 e. The van der Waals surface area contributed by atoms with Crippen molar-refractivity contribution in [3.63, 3.8) is 0 Å². The highest BCUT2D eigenvalue weighted by Gasteiger charge is 2.16. The molecule has 1 amide bonds. The molecule has 2 aromatic rings. The first kappa shape index (κ1) is 10.9. The summed E-state index contributed by atoms with van der Waals surface area (Å²) in [6, 6.07) is 10.0. The zero-order chi connectivity index (χ0) is 12.4. The third kappa shape index (κ3) is 2.03. The molecule has 0 saturated carbocycles. The first-order valence-electron chi connectivity index (χ1n) is 4.91. The third-order valence-electron chi connectivity index (χ3n) is 2.35. The van der Waals surface area contributed by atoms with E-state index < -0.39 is 17.3 Å². The fourth-order valence-corrected chi connectivity index (χ4v) is 1.64. The number of aromatic nitrogens is 1. The van der Waals surface area contributed by atoms with E-state index in [4.69, 9.17) is 5.73 Å². The minimum Gasteiger partial charge on any atom is -0.494 e. The lowest BCUT2D eigenvalue weighted by molar-refractivity contribution is 0.0997. The monoisotopic (exact) mass is 230 g/mol. The van der Waals surface area contributed by atoms with Gasteiger partial charge < -0.3 is 10.8 Å². The standard InChI is InChI=1S/C12H10N2O3/c13-11(16)10-8(6-9(15)14-12(10)17)7-4-2-1-3-5-7/h1-6H,(H2,13,16)(H2,14,15,17). The highest BCUT2D eigenvalue weighted by atomic mass is 16.3. The Morgan fingerprint density at radius 3 is 2.47 bits per heavy atom. The number of nitrogens with one attached hydrogen (secondary N) is 1. The molecular weight excluding hydrogens is 220 g/mol. The zero-order valence-electron chi connectivity index (χ0n) is 8.81. The highest BCUT2D eigenvalue weighted by molar-refractivity contribution is 6.01. The third-order valence-corrected chi connectivity index (χ3v) is 2.35. The number of aromatic amines is 1. The molecule has 5 heteroatoms. The molecule has 1 aromatic heterocycles. The SMILES string of the molecule is NC(=O)c1c(-c2ccccc2)cc(=O)[nH]c1O. The van der Waals surface area contributed by atoms with Crippen LogP contribution < -0.4 is 11.3 Å². The molecule has 0 spiro atoms. The molecule has 0 aliphatic rings. The summed E-state index contributed by atoms with van der Waals surface area (Å²) in [6.07, 6.45) is 0. The Kier molecular flexibility index (Phi) is 2.66. The summed E-state index contributed by atoms with van der Waals surface area (Å²) in [5.41, 5.74) is 5.56. The van der Waals surface area contributed by atoms with E-state index in [-0.39, 0.29) is 5.56 Å². The summed E-state index contributed by atoms with van der Waals surface area (Å²) in [7, 11) is 0. The number of amides is 1. The minimum absolute atomic E-state index is 0.0872. The van der Waals surface area contributed by atoms with Crippen LogP contribution in [0, 0.1) is 0 Å². The Bertz CT molecular complexity index is 617. The van der Waals surface area contributed by atoms with Crippen LogP contribution in [0.4, 0.5) is 0 Å². The fourth-order valence-electron chi connectivity index (χ4n) is 1.64. The van der Waals surface area contributed by atoms with Crippen LogP contribution in [-0.2, 0) is 0 Å². The van der Waals surface area contributed by atoms with E-state index in [0.717, 1.165) is 0 Å². The van der Waals surface area contributed by atoms with Gasteiger partial charge >= 0.3 is 0 Å². The second-order valence-electron chi connectivity index (χ2n) is 3.50. The van der Waals surface area contributed by atoms with Crippen molar-refractivity contribution in [1.29, 1.82) is 0 Å². The van der Waals surface area contributed by atoms with Gasteiger partial charge in [0.05, 0.1) is 0 Å². The lowest BCUT2D eigenvalue weighted by atomic mass is 10.0. The predicted molar refractivity (Wildman–Crippen MR) is 62.7 cm³/mol. The number of pyridine rings is 1. The first-order chi connectivity index (χ1) is 8.09. The molecule has 2 rings (SSSR count). The van der Waals surface area contributed by atoms with Gasteiger partial charge in [-0.3, -0.25) is 14.6 Å². The van der Waals surface area contributed by atoms with Gasteiger partial charge in [0.2, 0.25) is 5.88 Å². The summed E-state index contributed by atoms with van der Waals surface area (Å²) >= 11 is 0. The van der Waals surface area contributed by atoms with Gasteiger partial charge in [-0.25, -0.2) is 0 Å². The number of carbonyl (C=O) groups is 1. The van der Waals surface area contributed by atoms with E-state index in [1.807, 2.05) is 0 Å². The van der Waals surface area contributed by atoms with Gasteiger partial charge in [-0.05, 0) is 5.56 Å². The maximum Gasteiger partial charge on any atom is 0.254 e. The lowest BCUT2D eigenvalue weighted by Gasteiger charge is -2.07. The maximum absolute atomic E-state index is 11.3. The molecule has 1 aromatic carbocycles. The molecule has 17 heavy (non-hydrogen) atoms. The van der Waals surface area contributed by atoms with Gasteiger partial charge in [0.25, 0.3) is 11.5 Å². The number of aromatic hydroxyl groups is 1. The molecule has 0 atom stereocenters. The van der Waals surface area contributed by atoms with Gasteiger partial charge in [-0.15, -0.1) is 0 Å². The minimum atomic E-state index is -0.794. The molecule has 1 heterocycles. The molecule has 0 saturated heterocycles. The Morgan fingerprint density at radius 1 is 1.24 bits per heavy atom. The van der Waals surface area contributed by atoms with Crippen molar-refractivity contribution in [3.05, 3.63) is 52.3 Å². The molecule has 0 radical (unpaired) electrons. The second-order valence-corrected chi connectivity index (χ2v) is 3.50. The van der Waals surface area contributed by atoms with Gasteiger partial charge in [-0.1, -0.05) is 30.3 Å². The average Bonchev–Trinajstić information content (AvgIpc) is 2.28. The van der Waals surface area contributed by atoms with E-state index in [9.17, 15) is 14.7 Å². The zero-order valence-corrected chi connectivity index (χ0v) is 8.81. The largest absolute Gasteiger partial charge is 0.494 e. The maximum atomic E-state index is 11.3. The van der Waals surface area contributed by atoms with Crippen molar-refractivity contribution in [2.45, 2.75) is 0 Å². The second kappa shape index (κ2) is 4.13. The molecule has 5 nitrogen and oxygen atoms in total. The summed E-state index contributed by atoms with van der Waals surface area (Å²) < 4.78 is 0. The van der Waals surface area contributed by atoms with Crippen LogP contribution >= 0.6 is 0 Å². The molecular formula is C12H10N2O3.